The normalized spacial score (nSPS) is 15.3. The van der Waals surface area contributed by atoms with Gasteiger partial charge in [0.05, 0.1) is 39.6 Å². The second-order valence-electron chi connectivity index (χ2n) is 7.49. The average molecular weight is 420 g/mol. The summed E-state index contributed by atoms with van der Waals surface area (Å²) in [7, 11) is 1.60. The van der Waals surface area contributed by atoms with E-state index in [0.29, 0.717) is 43.4 Å². The van der Waals surface area contributed by atoms with Gasteiger partial charge in [-0.2, -0.15) is 0 Å². The molecule has 2 N–H and O–H groups in total. The molecule has 7 nitrogen and oxygen atoms in total. The minimum atomic E-state index is -0.381. The number of anilines is 1. The van der Waals surface area contributed by atoms with Crippen LogP contribution < -0.4 is 15.0 Å². The van der Waals surface area contributed by atoms with Crippen LogP contribution in [-0.4, -0.2) is 50.0 Å². The summed E-state index contributed by atoms with van der Waals surface area (Å²) < 4.78 is 10.5. The molecule has 0 saturated carbocycles. The Hall–Kier alpha value is -3.58. The lowest BCUT2D eigenvalue weighted by Gasteiger charge is -2.35. The highest BCUT2D eigenvalue weighted by atomic mass is 16.5. The molecule has 0 spiro atoms. The SMILES string of the molecule is COc1cccc(NC(=O)[C@@H](c2ccccc2)[NH+]2CCN(C(=O)c3ccco3)CC2)c1. The number of hydrogen-bond acceptors (Lipinski definition) is 4. The van der Waals surface area contributed by atoms with Gasteiger partial charge in [-0.1, -0.05) is 36.4 Å². The Labute approximate surface area is 181 Å². The second kappa shape index (κ2) is 9.49. The zero-order chi connectivity index (χ0) is 21.6. The van der Waals surface area contributed by atoms with Crippen molar-refractivity contribution in [3.05, 3.63) is 84.3 Å². The van der Waals surface area contributed by atoms with E-state index in [1.54, 1.807) is 30.2 Å². The topological polar surface area (TPSA) is 76.2 Å². The van der Waals surface area contributed by atoms with Crippen LogP contribution in [0, 0.1) is 0 Å². The molecule has 160 valence electrons. The summed E-state index contributed by atoms with van der Waals surface area (Å²) in [6.45, 7) is 2.45. The van der Waals surface area contributed by atoms with Gasteiger partial charge in [-0.25, -0.2) is 0 Å². The quantitative estimate of drug-likeness (QED) is 0.640. The number of ether oxygens (including phenoxy) is 1. The number of carbonyl (C=O) groups excluding carboxylic acids is 2. The predicted octanol–water partition coefficient (Wildman–Crippen LogP) is 2.01. The van der Waals surface area contributed by atoms with Crippen LogP contribution in [0.2, 0.25) is 0 Å². The van der Waals surface area contributed by atoms with E-state index in [4.69, 9.17) is 9.15 Å². The molecule has 4 rings (SSSR count). The Kier molecular flexibility index (Phi) is 6.33. The molecule has 1 aromatic heterocycles. The van der Waals surface area contributed by atoms with Crippen LogP contribution in [-0.2, 0) is 4.79 Å². The number of amides is 2. The monoisotopic (exact) mass is 420 g/mol. The molecule has 1 aliphatic rings. The third kappa shape index (κ3) is 4.78. The van der Waals surface area contributed by atoms with Gasteiger partial charge >= 0.3 is 0 Å². The number of rotatable bonds is 6. The highest BCUT2D eigenvalue weighted by Crippen LogP contribution is 2.19. The number of methoxy groups -OCH3 is 1. The molecule has 0 aliphatic carbocycles. The van der Waals surface area contributed by atoms with Crippen molar-refractivity contribution in [3.63, 3.8) is 0 Å². The number of carbonyl (C=O) groups is 2. The van der Waals surface area contributed by atoms with Crippen LogP contribution >= 0.6 is 0 Å². The van der Waals surface area contributed by atoms with Crippen molar-refractivity contribution in [2.45, 2.75) is 6.04 Å². The molecule has 2 amide bonds. The molecule has 1 aliphatic heterocycles. The van der Waals surface area contributed by atoms with Crippen molar-refractivity contribution in [1.29, 1.82) is 0 Å². The van der Waals surface area contributed by atoms with Crippen LogP contribution in [0.4, 0.5) is 5.69 Å². The molecule has 2 aromatic carbocycles. The highest BCUT2D eigenvalue weighted by Gasteiger charge is 2.35. The van der Waals surface area contributed by atoms with Crippen molar-refractivity contribution >= 4 is 17.5 Å². The molecule has 1 atom stereocenters. The summed E-state index contributed by atoms with van der Waals surface area (Å²) in [5.74, 6) is 0.840. The van der Waals surface area contributed by atoms with Crippen LogP contribution in [0.3, 0.4) is 0 Å². The fraction of sp³-hybridized carbons (Fsp3) is 0.250. The van der Waals surface area contributed by atoms with Gasteiger partial charge in [-0.05, 0) is 24.3 Å². The van der Waals surface area contributed by atoms with Crippen molar-refractivity contribution < 1.29 is 23.6 Å². The maximum Gasteiger partial charge on any atom is 0.289 e. The summed E-state index contributed by atoms with van der Waals surface area (Å²) in [6, 6.07) is 20.1. The molecular formula is C24H26N3O4+. The van der Waals surface area contributed by atoms with E-state index < -0.39 is 0 Å². The van der Waals surface area contributed by atoms with Gasteiger partial charge in [0.25, 0.3) is 11.8 Å². The maximum absolute atomic E-state index is 13.3. The molecule has 0 radical (unpaired) electrons. The Morgan fingerprint density at radius 1 is 1.03 bits per heavy atom. The smallest absolute Gasteiger partial charge is 0.289 e. The molecule has 2 heterocycles. The number of hydrogen-bond donors (Lipinski definition) is 2. The Bertz CT molecular complexity index is 1010. The number of benzene rings is 2. The Morgan fingerprint density at radius 2 is 1.81 bits per heavy atom. The van der Waals surface area contributed by atoms with Gasteiger partial charge in [-0.15, -0.1) is 0 Å². The van der Waals surface area contributed by atoms with E-state index in [0.717, 1.165) is 10.5 Å². The summed E-state index contributed by atoms with van der Waals surface area (Å²) in [5, 5.41) is 3.03. The van der Waals surface area contributed by atoms with Gasteiger partial charge in [0.15, 0.2) is 11.8 Å². The zero-order valence-electron chi connectivity index (χ0n) is 17.4. The minimum Gasteiger partial charge on any atom is -0.497 e. The zero-order valence-corrected chi connectivity index (χ0v) is 17.4. The average Bonchev–Trinajstić information content (AvgIpc) is 3.35. The number of quaternary nitrogens is 1. The summed E-state index contributed by atoms with van der Waals surface area (Å²) in [4.78, 5) is 28.8. The van der Waals surface area contributed by atoms with Crippen LogP contribution in [0.25, 0.3) is 0 Å². The largest absolute Gasteiger partial charge is 0.497 e. The lowest BCUT2D eigenvalue weighted by molar-refractivity contribution is -0.925. The second-order valence-corrected chi connectivity index (χ2v) is 7.49. The first-order valence-corrected chi connectivity index (χ1v) is 10.3. The maximum atomic E-state index is 13.3. The minimum absolute atomic E-state index is 0.0831. The number of nitrogens with zero attached hydrogens (tertiary/aromatic N) is 1. The Balaban J connectivity index is 1.49. The van der Waals surface area contributed by atoms with Gasteiger partial charge in [-0.3, -0.25) is 9.59 Å². The van der Waals surface area contributed by atoms with Crippen molar-refractivity contribution in [2.24, 2.45) is 0 Å². The molecule has 31 heavy (non-hydrogen) atoms. The fourth-order valence-corrected chi connectivity index (χ4v) is 3.97. The summed E-state index contributed by atoms with van der Waals surface area (Å²) in [6.07, 6.45) is 1.50. The first-order valence-electron chi connectivity index (χ1n) is 10.3. The third-order valence-electron chi connectivity index (χ3n) is 5.57. The van der Waals surface area contributed by atoms with Crippen LogP contribution in [0.1, 0.15) is 22.2 Å². The highest BCUT2D eigenvalue weighted by molar-refractivity contribution is 5.95. The molecule has 0 unspecified atom stereocenters. The van der Waals surface area contributed by atoms with Crippen LogP contribution in [0.15, 0.2) is 77.4 Å². The Morgan fingerprint density at radius 3 is 2.48 bits per heavy atom. The number of furan rings is 1. The standard InChI is InChI=1S/C24H25N3O4/c1-30-20-10-5-9-19(17-20)25-23(28)22(18-7-3-2-4-8-18)26-12-14-27(15-13-26)24(29)21-11-6-16-31-21/h2-11,16-17,22H,12-15H2,1H3,(H,25,28)/p+1/t22-/m1/s1. The first kappa shape index (κ1) is 20.7. The van der Waals surface area contributed by atoms with Gasteiger partial charge in [0.1, 0.15) is 5.75 Å². The number of nitrogens with one attached hydrogen (secondary N) is 2. The van der Waals surface area contributed by atoms with Crippen molar-refractivity contribution in [2.75, 3.05) is 38.6 Å². The fourth-order valence-electron chi connectivity index (χ4n) is 3.97. The van der Waals surface area contributed by atoms with E-state index >= 15 is 0 Å². The van der Waals surface area contributed by atoms with Gasteiger partial charge in [0.2, 0.25) is 0 Å². The van der Waals surface area contributed by atoms with Gasteiger partial charge in [0, 0.05) is 17.3 Å². The lowest BCUT2D eigenvalue weighted by atomic mass is 10.0. The van der Waals surface area contributed by atoms with E-state index in [2.05, 4.69) is 5.32 Å². The molecule has 3 aromatic rings. The molecule has 1 saturated heterocycles. The van der Waals surface area contributed by atoms with E-state index in [9.17, 15) is 9.59 Å². The van der Waals surface area contributed by atoms with E-state index in [1.807, 2.05) is 48.5 Å². The lowest BCUT2D eigenvalue weighted by Crippen LogP contribution is -3.16. The third-order valence-corrected chi connectivity index (χ3v) is 5.57. The van der Waals surface area contributed by atoms with Crippen LogP contribution in [0.5, 0.6) is 5.75 Å². The van der Waals surface area contributed by atoms with E-state index in [-0.39, 0.29) is 17.9 Å². The summed E-state index contributed by atoms with van der Waals surface area (Å²) >= 11 is 0. The van der Waals surface area contributed by atoms with Crippen molar-refractivity contribution in [3.8, 4) is 5.75 Å². The van der Waals surface area contributed by atoms with Gasteiger partial charge < -0.3 is 24.3 Å². The number of piperazine rings is 1. The van der Waals surface area contributed by atoms with Crippen molar-refractivity contribution in [1.82, 2.24) is 4.90 Å². The molecule has 7 heteroatoms. The first-order chi connectivity index (χ1) is 15.2. The molecule has 0 bridgehead atoms. The molecular weight excluding hydrogens is 394 g/mol. The van der Waals surface area contributed by atoms with E-state index in [1.165, 1.54) is 6.26 Å². The summed E-state index contributed by atoms with van der Waals surface area (Å²) in [5.41, 5.74) is 1.64. The molecule has 1 fully saturated rings. The predicted molar refractivity (Wildman–Crippen MR) is 116 cm³/mol.